The van der Waals surface area contributed by atoms with E-state index in [1.54, 1.807) is 24.8 Å². The maximum atomic E-state index is 5.99. The predicted molar refractivity (Wildman–Crippen MR) is 458 cm³/mol. The third-order valence-corrected chi connectivity index (χ3v) is 19.0. The third kappa shape index (κ3) is 22.0. The molecule has 0 unspecified atom stereocenters. The molecule has 0 bridgehead atoms. The zero-order chi connectivity index (χ0) is 76.8. The van der Waals surface area contributed by atoms with E-state index in [4.69, 9.17) is 4.42 Å². The van der Waals surface area contributed by atoms with Gasteiger partial charge in [0.05, 0.1) is 0 Å². The van der Waals surface area contributed by atoms with Crippen molar-refractivity contribution in [1.29, 1.82) is 0 Å². The average Bonchev–Trinajstić information content (AvgIpc) is 1.55. The molecule has 10 nitrogen and oxygen atoms in total. The van der Waals surface area contributed by atoms with E-state index in [0.29, 0.717) is 0 Å². The molecule has 0 saturated heterocycles. The van der Waals surface area contributed by atoms with E-state index >= 15 is 0 Å². The molecule has 0 fully saturated rings. The summed E-state index contributed by atoms with van der Waals surface area (Å²) in [5, 5.41) is 7.04. The number of nitrogens with zero attached hydrogens (tertiary/aromatic N) is 9. The fourth-order valence-corrected chi connectivity index (χ4v) is 13.4. The van der Waals surface area contributed by atoms with E-state index in [1.165, 1.54) is 54.9 Å². The molecule has 2 aliphatic rings. The van der Waals surface area contributed by atoms with Gasteiger partial charge in [0.25, 0.3) is 0 Å². The van der Waals surface area contributed by atoms with Crippen molar-refractivity contribution in [3.63, 3.8) is 0 Å². The molecule has 7 aromatic heterocycles. The fraction of sp³-hybridized carbons (Fsp3) is 0.0388. The van der Waals surface area contributed by atoms with Gasteiger partial charge >= 0.3 is 0 Å². The normalized spacial score (nSPS) is 11.3. The Labute approximate surface area is 757 Å². The number of para-hydroxylation sites is 1. The first-order chi connectivity index (χ1) is 55.8. The Balaban J connectivity index is 0.000000145. The third-order valence-electron chi connectivity index (χ3n) is 19.0. The Bertz CT molecular complexity index is 5950. The number of hydrogen-bond acceptors (Lipinski definition) is 9. The zero-order valence-corrected chi connectivity index (χ0v) is 76.1. The number of fused-ring (bicyclic) bond motifs is 8. The summed E-state index contributed by atoms with van der Waals surface area (Å²) in [4.78, 5) is 29.7. The summed E-state index contributed by atoms with van der Waals surface area (Å²) in [5.74, 6) is 0. The molecule has 0 saturated carbocycles. The number of furan rings is 1. The molecule has 5 radical (unpaired) electrons. The van der Waals surface area contributed by atoms with Crippen molar-refractivity contribution in [1.82, 2.24) is 39.4 Å². The van der Waals surface area contributed by atoms with Crippen LogP contribution in [-0.2, 0) is 106 Å². The summed E-state index contributed by atoms with van der Waals surface area (Å²) in [6, 6.07) is 134. The number of hydrogen-bond donors (Lipinski definition) is 0. The number of rotatable bonds is 8. The summed E-state index contributed by atoms with van der Waals surface area (Å²) in [6.45, 7) is 6.55. The van der Waals surface area contributed by atoms with Crippen molar-refractivity contribution in [2.75, 3.05) is 11.9 Å². The van der Waals surface area contributed by atoms with Crippen molar-refractivity contribution in [2.24, 2.45) is 0 Å². The number of imidazole rings is 1. The molecule has 0 atom stereocenters. The van der Waals surface area contributed by atoms with Crippen molar-refractivity contribution < 1.29 is 105 Å². The Hall–Kier alpha value is -11.5. The van der Waals surface area contributed by atoms with Gasteiger partial charge in [0.2, 0.25) is 0 Å². The van der Waals surface area contributed by atoms with Crippen LogP contribution in [0.5, 0.6) is 0 Å². The van der Waals surface area contributed by atoms with Gasteiger partial charge in [-0.1, -0.05) is 201 Å². The first kappa shape index (κ1) is 88.9. The van der Waals surface area contributed by atoms with E-state index in [2.05, 4.69) is 184 Å². The van der Waals surface area contributed by atoms with Crippen LogP contribution in [0.15, 0.2) is 394 Å². The molecule has 8 heterocycles. The van der Waals surface area contributed by atoms with Gasteiger partial charge in [-0.15, -0.1) is 190 Å². The molecular formula is C103H74Ir5N9O-9. The van der Waals surface area contributed by atoms with Crippen molar-refractivity contribution in [2.45, 2.75) is 19.3 Å². The first-order valence-corrected chi connectivity index (χ1v) is 37.1. The summed E-state index contributed by atoms with van der Waals surface area (Å²) >= 11 is 0. The summed E-state index contributed by atoms with van der Waals surface area (Å²) in [7, 11) is 2.00. The molecule has 1 aliphatic carbocycles. The quantitative estimate of drug-likeness (QED) is 0.138. The summed E-state index contributed by atoms with van der Waals surface area (Å²) in [5.41, 5.74) is 21.6. The van der Waals surface area contributed by atoms with Crippen LogP contribution < -0.4 is 4.90 Å². The number of pyridine rings is 5. The van der Waals surface area contributed by atoms with Gasteiger partial charge in [-0.2, -0.15) is 42.7 Å². The number of anilines is 1. The molecule has 15 heteroatoms. The largest absolute Gasteiger partial charge is 0.514 e. The van der Waals surface area contributed by atoms with Crippen LogP contribution in [-0.4, -0.2) is 46.4 Å². The smallest absolute Gasteiger partial charge is 0.116 e. The van der Waals surface area contributed by atoms with Crippen LogP contribution in [0.3, 0.4) is 0 Å². The molecule has 12 aromatic carbocycles. The first-order valence-electron chi connectivity index (χ1n) is 37.1. The van der Waals surface area contributed by atoms with Crippen LogP contribution in [0.4, 0.5) is 5.69 Å². The molecule has 118 heavy (non-hydrogen) atoms. The van der Waals surface area contributed by atoms with Crippen LogP contribution in [0.2, 0.25) is 0 Å². The van der Waals surface area contributed by atoms with E-state index < -0.39 is 0 Å². The van der Waals surface area contributed by atoms with Gasteiger partial charge in [-0.3, -0.25) is 0 Å². The second-order valence-electron chi connectivity index (χ2n) is 26.7. The van der Waals surface area contributed by atoms with Gasteiger partial charge in [-0.05, 0) is 122 Å². The zero-order valence-electron chi connectivity index (χ0n) is 64.1. The Morgan fingerprint density at radius 2 is 0.847 bits per heavy atom. The van der Waals surface area contributed by atoms with Crippen LogP contribution >= 0.6 is 0 Å². The maximum absolute atomic E-state index is 5.99. The molecule has 1 aliphatic heterocycles. The molecule has 591 valence electrons. The molecule has 0 amide bonds. The minimum Gasteiger partial charge on any atom is -0.514 e. The molecule has 0 N–H and O–H groups in total. The summed E-state index contributed by atoms with van der Waals surface area (Å²) < 4.78 is 7.86. The van der Waals surface area contributed by atoms with E-state index in [-0.39, 0.29) is 106 Å². The van der Waals surface area contributed by atoms with Crippen molar-refractivity contribution >= 4 is 49.2 Å². The van der Waals surface area contributed by atoms with E-state index in [9.17, 15) is 0 Å². The number of benzene rings is 12. The van der Waals surface area contributed by atoms with E-state index in [0.717, 1.165) is 89.6 Å². The van der Waals surface area contributed by atoms with Gasteiger partial charge < -0.3 is 48.7 Å². The van der Waals surface area contributed by atoms with Gasteiger partial charge in [0.1, 0.15) is 5.58 Å². The maximum Gasteiger partial charge on any atom is 0.116 e. The van der Waals surface area contributed by atoms with Gasteiger partial charge in [-0.25, -0.2) is 6.07 Å². The Morgan fingerprint density at radius 3 is 1.37 bits per heavy atom. The standard InChI is InChI=1S/C18H14N2.C17H12N.C16H12N2O.2C15H10N.2C11H8N.5Ir/c1-18(2)16-6-4-3-5-14(16)15-8-7-13(11-17(15)18)20-10-9-19-12-20;1-2-7-14(8-3-1)15-9-6-10-16(13-15)17-11-4-5-12-18-17;1-17-9-10-18(11-17)14-7-4-6-13-12-5-2-3-8-15(12)19-16(13)14;2*1-2-7-13(8-3-1)15-14-9-5-4-6-12(14)10-11-16-15;2*1-2-6-10(7-3-1)11-8-4-5-9-12-11;;;;;/h3-6,8-11H,1-2H3;1-9,11-13H;2-6,8-11H,1H3;2*1-7,9-11H;2*1-6,8-9H;;;;;/q-2;-1;-2;4*-1;;;;;. The molecular weight excluding hydrogens is 2340 g/mol. The summed E-state index contributed by atoms with van der Waals surface area (Å²) in [6.07, 6.45) is 19.6. The average molecular weight is 2410 g/mol. The van der Waals surface area contributed by atoms with Crippen LogP contribution in [0.25, 0.3) is 128 Å². The van der Waals surface area contributed by atoms with Gasteiger partial charge in [0.15, 0.2) is 0 Å². The Kier molecular flexibility index (Phi) is 33.3. The van der Waals surface area contributed by atoms with Crippen LogP contribution in [0, 0.1) is 55.5 Å². The predicted octanol–water partition coefficient (Wildman–Crippen LogP) is 24.2. The van der Waals surface area contributed by atoms with E-state index in [1.807, 2.05) is 302 Å². The van der Waals surface area contributed by atoms with Crippen molar-refractivity contribution in [3.8, 4) is 84.2 Å². The van der Waals surface area contributed by atoms with Crippen LogP contribution in [0.1, 0.15) is 25.0 Å². The van der Waals surface area contributed by atoms with Crippen molar-refractivity contribution in [3.05, 3.63) is 456 Å². The second kappa shape index (κ2) is 44.2. The minimum atomic E-state index is 0. The molecule has 21 rings (SSSR count). The monoisotopic (exact) mass is 2420 g/mol. The Morgan fingerprint density at radius 1 is 0.356 bits per heavy atom. The minimum absolute atomic E-state index is 0. The fourth-order valence-electron chi connectivity index (χ4n) is 13.4. The molecule has 0 spiro atoms. The topological polar surface area (TPSA) is 102 Å². The second-order valence-corrected chi connectivity index (χ2v) is 26.7. The molecule has 19 aromatic rings. The number of aromatic nitrogens is 7. The SMILES string of the molecule is CC1(C)c2ccccc2-c2c[c-]c(-n3[c-]ncc3)cc21.CN1C=CN(c2[c-]ccc3c2oc2ccccc23)[CH-]1.[Ir].[Ir].[Ir].[Ir].[Ir].[c-]1ccc(-c2ccccc2)cc1-c1ccccn1.[c-]1ccccc1-c1ccccn1.[c-]1ccccc1-c1ccccn1.[c-]1ccccc1-c1nccc2ccccc12.[c-]1ccccc1-c1nccc2ccccc12. The van der Waals surface area contributed by atoms with Gasteiger partial charge in [0, 0.05) is 149 Å².